The van der Waals surface area contributed by atoms with Gasteiger partial charge in [0.25, 0.3) is 0 Å². The number of halogens is 3. The van der Waals surface area contributed by atoms with Crippen molar-refractivity contribution in [2.45, 2.75) is 7.25 Å². The molecule has 0 spiro atoms. The molecular formula is C37H27Cl3Zr. The summed E-state index contributed by atoms with van der Waals surface area (Å²) in [6.07, 6.45) is 6.57. The third kappa shape index (κ3) is 4.33. The molecule has 0 aliphatic heterocycles. The fourth-order valence-electron chi connectivity index (χ4n) is 6.99. The molecule has 0 fully saturated rings. The molecule has 0 N–H and O–H groups in total. The Morgan fingerprint density at radius 1 is 0.561 bits per heavy atom. The Morgan fingerprint density at radius 3 is 1.59 bits per heavy atom. The fourth-order valence-corrected chi connectivity index (χ4v) is 27.8. The Bertz CT molecular complexity index is 1810. The third-order valence-corrected chi connectivity index (χ3v) is 28.4. The molecule has 5 aromatic carbocycles. The van der Waals surface area contributed by atoms with Gasteiger partial charge in [0.1, 0.15) is 0 Å². The van der Waals surface area contributed by atoms with E-state index in [1.807, 2.05) is 24.3 Å². The van der Waals surface area contributed by atoms with Crippen LogP contribution in [0, 0.1) is 0 Å². The van der Waals surface area contributed by atoms with Crippen molar-refractivity contribution in [2.24, 2.45) is 0 Å². The second-order valence-corrected chi connectivity index (χ2v) is 31.9. The van der Waals surface area contributed by atoms with Crippen molar-refractivity contribution in [2.75, 3.05) is 0 Å². The minimum absolute atomic E-state index is 0.161. The Morgan fingerprint density at radius 2 is 1.05 bits per heavy atom. The van der Waals surface area contributed by atoms with Crippen LogP contribution in [0.5, 0.6) is 0 Å². The summed E-state index contributed by atoms with van der Waals surface area (Å²) in [4.78, 5) is 0. The standard InChI is InChI=1S/C13H9.C13H10.C11H8Cl.2ClH.Zr/c1-3-7-12-10(5-1)9-11-6-2-4-8-13(11)12;1-3-7-12(8-4-1)11-13-9-5-2-6-10-13;12-11-7-5-10(6-8-11)9-3-1-2-4-9;;;/h1-9H;1-10H;1-8H;2*1H;/q;;;;;+2/p-2. The SMILES string of the molecule is Clc1ccc(C2=CC=C[CH]2[Zr]([Cl])([Cl])(=[C](c2ccccc2)c2ccccc2)[CH]2c3ccccc3-c3ccccc32)cc1. The van der Waals surface area contributed by atoms with Gasteiger partial charge in [-0.1, -0.05) is 0 Å². The van der Waals surface area contributed by atoms with E-state index in [1.54, 1.807) is 0 Å². The first-order chi connectivity index (χ1) is 20.0. The molecule has 0 aromatic heterocycles. The molecule has 0 heterocycles. The molecular weight excluding hydrogens is 642 g/mol. The van der Waals surface area contributed by atoms with E-state index in [0.717, 1.165) is 25.5 Å². The Labute approximate surface area is 254 Å². The van der Waals surface area contributed by atoms with Gasteiger partial charge in [0, 0.05) is 0 Å². The van der Waals surface area contributed by atoms with Crippen molar-refractivity contribution in [3.05, 3.63) is 185 Å². The van der Waals surface area contributed by atoms with Crippen molar-refractivity contribution in [1.29, 1.82) is 0 Å². The Hall–Kier alpha value is -2.80. The average Bonchev–Trinajstić information content (AvgIpc) is 3.64. The van der Waals surface area contributed by atoms with Gasteiger partial charge in [0.2, 0.25) is 0 Å². The van der Waals surface area contributed by atoms with E-state index in [2.05, 4.69) is 127 Å². The van der Waals surface area contributed by atoms with E-state index in [0.29, 0.717) is 5.02 Å². The van der Waals surface area contributed by atoms with Gasteiger partial charge in [0.05, 0.1) is 0 Å². The van der Waals surface area contributed by atoms with Crippen molar-refractivity contribution >= 4 is 37.4 Å². The molecule has 0 saturated heterocycles. The second-order valence-electron chi connectivity index (χ2n) is 10.9. The summed E-state index contributed by atoms with van der Waals surface area (Å²) in [5.74, 6) is 0. The van der Waals surface area contributed by atoms with Crippen molar-refractivity contribution in [3.8, 4) is 11.1 Å². The fraction of sp³-hybridized carbons (Fsp3) is 0.0541. The first kappa shape index (κ1) is 27.1. The van der Waals surface area contributed by atoms with Gasteiger partial charge in [-0.3, -0.25) is 0 Å². The van der Waals surface area contributed by atoms with Crippen LogP contribution >= 0.6 is 28.6 Å². The maximum absolute atomic E-state index is 8.69. The van der Waals surface area contributed by atoms with Gasteiger partial charge in [0.15, 0.2) is 0 Å². The van der Waals surface area contributed by atoms with Crippen molar-refractivity contribution < 1.29 is 15.9 Å². The molecule has 0 radical (unpaired) electrons. The topological polar surface area (TPSA) is 0 Å². The summed E-state index contributed by atoms with van der Waals surface area (Å²) >= 11 is 0.869. The number of allylic oxidation sites excluding steroid dienone is 4. The quantitative estimate of drug-likeness (QED) is 0.175. The molecule has 7 rings (SSSR count). The van der Waals surface area contributed by atoms with Crippen LogP contribution in [0.15, 0.2) is 152 Å². The zero-order valence-electron chi connectivity index (χ0n) is 22.2. The van der Waals surface area contributed by atoms with Gasteiger partial charge in [-0.15, -0.1) is 0 Å². The predicted octanol–water partition coefficient (Wildman–Crippen LogP) is 11.1. The predicted molar refractivity (Wildman–Crippen MR) is 174 cm³/mol. The summed E-state index contributed by atoms with van der Waals surface area (Å²) in [7, 11) is 17.4. The normalized spacial score (nSPS) is 16.3. The van der Waals surface area contributed by atoms with E-state index in [-0.39, 0.29) is 7.25 Å². The molecule has 200 valence electrons. The van der Waals surface area contributed by atoms with Gasteiger partial charge >= 0.3 is 256 Å². The first-order valence-corrected chi connectivity index (χ1v) is 24.6. The number of rotatable bonds is 5. The first-order valence-electron chi connectivity index (χ1n) is 13.8. The molecule has 1 unspecified atom stereocenters. The summed E-state index contributed by atoms with van der Waals surface area (Å²) in [5, 5.41) is 0.706. The summed E-state index contributed by atoms with van der Waals surface area (Å²) in [6.45, 7) is 0. The molecule has 0 saturated carbocycles. The summed E-state index contributed by atoms with van der Waals surface area (Å²) in [5.41, 5.74) is 9.24. The van der Waals surface area contributed by atoms with Gasteiger partial charge < -0.3 is 0 Å². The summed E-state index contributed by atoms with van der Waals surface area (Å²) < 4.78 is 0.746. The molecule has 1 atom stereocenters. The van der Waals surface area contributed by atoms with Crippen LogP contribution in [-0.2, 0) is 15.9 Å². The molecule has 0 nitrogen and oxygen atoms in total. The van der Waals surface area contributed by atoms with E-state index in [1.165, 1.54) is 22.3 Å². The van der Waals surface area contributed by atoms with E-state index < -0.39 is 15.9 Å². The third-order valence-electron chi connectivity index (χ3n) is 8.63. The van der Waals surface area contributed by atoms with Gasteiger partial charge in [-0.2, -0.15) is 0 Å². The van der Waals surface area contributed by atoms with Crippen LogP contribution in [0.25, 0.3) is 16.7 Å². The second kappa shape index (κ2) is 10.5. The maximum atomic E-state index is 8.69. The monoisotopic (exact) mass is 666 g/mol. The molecule has 41 heavy (non-hydrogen) atoms. The van der Waals surface area contributed by atoms with Crippen molar-refractivity contribution in [3.63, 3.8) is 0 Å². The van der Waals surface area contributed by atoms with E-state index >= 15 is 0 Å². The van der Waals surface area contributed by atoms with Crippen LogP contribution < -0.4 is 0 Å². The number of hydrogen-bond donors (Lipinski definition) is 0. The van der Waals surface area contributed by atoms with Gasteiger partial charge in [-0.05, 0) is 0 Å². The molecule has 2 aliphatic carbocycles. The summed E-state index contributed by atoms with van der Waals surface area (Å²) in [6, 6.07) is 46.5. The molecule has 0 amide bonds. The van der Waals surface area contributed by atoms with Crippen molar-refractivity contribution in [1.82, 2.24) is 0 Å². The van der Waals surface area contributed by atoms with E-state index in [9.17, 15) is 0 Å². The van der Waals surface area contributed by atoms with E-state index in [4.69, 9.17) is 28.6 Å². The molecule has 4 heteroatoms. The van der Waals surface area contributed by atoms with Gasteiger partial charge in [-0.25, -0.2) is 0 Å². The number of fused-ring (bicyclic) bond motifs is 3. The van der Waals surface area contributed by atoms with Crippen LogP contribution in [0.1, 0.15) is 31.4 Å². The van der Waals surface area contributed by atoms with Crippen LogP contribution in [-0.4, -0.2) is 3.21 Å². The number of benzene rings is 5. The zero-order chi connectivity index (χ0) is 28.1. The molecule has 2 aliphatic rings. The molecule has 0 bridgehead atoms. The number of hydrogen-bond acceptors (Lipinski definition) is 0. The molecule has 5 aromatic rings. The van der Waals surface area contributed by atoms with Crippen LogP contribution in [0.2, 0.25) is 8.65 Å². The Kier molecular flexibility index (Phi) is 6.92. The van der Waals surface area contributed by atoms with Crippen LogP contribution in [0.3, 0.4) is 0 Å². The zero-order valence-corrected chi connectivity index (χ0v) is 26.9. The minimum atomic E-state index is -5.45. The Balaban J connectivity index is 1.66. The van der Waals surface area contributed by atoms with Crippen LogP contribution in [0.4, 0.5) is 0 Å². The average molecular weight is 669 g/mol.